The topological polar surface area (TPSA) is 69.1 Å². The number of rotatable bonds is 3. The van der Waals surface area contributed by atoms with E-state index < -0.39 is 0 Å². The molecule has 4 N–H and O–H groups in total. The molecule has 0 aromatic heterocycles. The van der Waals surface area contributed by atoms with Crippen LogP contribution in [-0.2, 0) is 4.79 Å². The van der Waals surface area contributed by atoms with Gasteiger partial charge in [0.25, 0.3) is 0 Å². The molecule has 0 aliphatic heterocycles. The van der Waals surface area contributed by atoms with Crippen molar-refractivity contribution in [2.24, 2.45) is 17.4 Å². The fraction of sp³-hybridized carbons (Fsp3) is 0.909. The Bertz CT molecular complexity index is 174. The molecule has 1 saturated carbocycles. The Hall–Kier alpha value is -0.570. The molecule has 0 aromatic rings. The summed E-state index contributed by atoms with van der Waals surface area (Å²) in [6.45, 7) is 0. The molecule has 0 saturated heterocycles. The van der Waals surface area contributed by atoms with Crippen molar-refractivity contribution in [3.8, 4) is 0 Å². The smallest absolute Gasteiger partial charge is 0.218 e. The molecule has 1 fully saturated rings. The van der Waals surface area contributed by atoms with Crippen molar-refractivity contribution in [1.29, 1.82) is 0 Å². The van der Waals surface area contributed by atoms with Gasteiger partial charge in [0.1, 0.15) is 0 Å². The van der Waals surface area contributed by atoms with Crippen molar-refractivity contribution in [1.82, 2.24) is 0 Å². The zero-order valence-corrected chi connectivity index (χ0v) is 8.87. The van der Waals surface area contributed by atoms with Gasteiger partial charge in [-0.15, -0.1) is 0 Å². The number of carbonyl (C=O) groups excluding carboxylic acids is 1. The van der Waals surface area contributed by atoms with Gasteiger partial charge in [-0.05, 0) is 18.8 Å². The zero-order valence-electron chi connectivity index (χ0n) is 8.87. The van der Waals surface area contributed by atoms with Crippen LogP contribution in [0.25, 0.3) is 0 Å². The first-order valence-electron chi connectivity index (χ1n) is 5.74. The molecular formula is C11H22N2O. The average molecular weight is 198 g/mol. The number of hydrogen-bond acceptors (Lipinski definition) is 2. The van der Waals surface area contributed by atoms with Gasteiger partial charge in [0.15, 0.2) is 0 Å². The highest BCUT2D eigenvalue weighted by Crippen LogP contribution is 2.25. The van der Waals surface area contributed by atoms with Gasteiger partial charge >= 0.3 is 0 Å². The van der Waals surface area contributed by atoms with E-state index in [1.807, 2.05) is 0 Å². The fourth-order valence-corrected chi connectivity index (χ4v) is 2.31. The third-order valence-corrected chi connectivity index (χ3v) is 3.19. The van der Waals surface area contributed by atoms with E-state index in [9.17, 15) is 4.79 Å². The summed E-state index contributed by atoms with van der Waals surface area (Å²) in [6, 6.07) is -0.00870. The SMILES string of the molecule is NC(=O)CC(N)C1CCCCCCC1. The number of nitrogens with two attached hydrogens (primary N) is 2. The van der Waals surface area contributed by atoms with E-state index in [1.54, 1.807) is 0 Å². The van der Waals surface area contributed by atoms with Crippen LogP contribution in [0.15, 0.2) is 0 Å². The van der Waals surface area contributed by atoms with Crippen LogP contribution in [0.1, 0.15) is 51.4 Å². The second-order valence-electron chi connectivity index (χ2n) is 4.44. The largest absolute Gasteiger partial charge is 0.370 e. The van der Waals surface area contributed by atoms with Gasteiger partial charge in [-0.1, -0.05) is 32.1 Å². The second kappa shape index (κ2) is 6.02. The van der Waals surface area contributed by atoms with Gasteiger partial charge in [0, 0.05) is 12.5 Å². The van der Waals surface area contributed by atoms with E-state index in [0.717, 1.165) is 0 Å². The summed E-state index contributed by atoms with van der Waals surface area (Å²) in [5.41, 5.74) is 11.1. The predicted octanol–water partition coefficient (Wildman–Crippen LogP) is 1.55. The summed E-state index contributed by atoms with van der Waals surface area (Å²) in [5, 5.41) is 0. The first kappa shape index (κ1) is 11.5. The number of amides is 1. The van der Waals surface area contributed by atoms with Crippen molar-refractivity contribution in [2.75, 3.05) is 0 Å². The number of carbonyl (C=O) groups is 1. The third kappa shape index (κ3) is 4.09. The average Bonchev–Trinajstić information content (AvgIpc) is 2.00. The minimum Gasteiger partial charge on any atom is -0.370 e. The Labute approximate surface area is 86.2 Å². The fourth-order valence-electron chi connectivity index (χ4n) is 2.31. The lowest BCUT2D eigenvalue weighted by atomic mass is 9.85. The molecule has 0 aromatic carbocycles. The van der Waals surface area contributed by atoms with Crippen molar-refractivity contribution >= 4 is 5.91 Å². The summed E-state index contributed by atoms with van der Waals surface area (Å²) in [4.78, 5) is 10.7. The molecule has 0 spiro atoms. The molecular weight excluding hydrogens is 176 g/mol. The summed E-state index contributed by atoms with van der Waals surface area (Å²) < 4.78 is 0. The minimum atomic E-state index is -0.264. The highest BCUT2D eigenvalue weighted by Gasteiger charge is 2.19. The molecule has 0 bridgehead atoms. The van der Waals surface area contributed by atoms with Crippen LogP contribution < -0.4 is 11.5 Å². The van der Waals surface area contributed by atoms with E-state index in [4.69, 9.17) is 11.5 Å². The van der Waals surface area contributed by atoms with Crippen molar-refractivity contribution < 1.29 is 4.79 Å². The summed E-state index contributed by atoms with van der Waals surface area (Å²) in [5.74, 6) is 0.252. The van der Waals surface area contributed by atoms with Gasteiger partial charge < -0.3 is 11.5 Å². The molecule has 0 heterocycles. The van der Waals surface area contributed by atoms with E-state index >= 15 is 0 Å². The van der Waals surface area contributed by atoms with Crippen LogP contribution >= 0.6 is 0 Å². The summed E-state index contributed by atoms with van der Waals surface area (Å²) >= 11 is 0. The molecule has 82 valence electrons. The highest BCUT2D eigenvalue weighted by molar-refractivity contribution is 5.74. The summed E-state index contributed by atoms with van der Waals surface area (Å²) in [7, 11) is 0. The van der Waals surface area contributed by atoms with E-state index in [2.05, 4.69) is 0 Å². The van der Waals surface area contributed by atoms with Gasteiger partial charge in [0.05, 0.1) is 0 Å². The Kier molecular flexibility index (Phi) is 4.94. The standard InChI is InChI=1S/C11H22N2O/c12-10(8-11(13)14)9-6-4-2-1-3-5-7-9/h9-10H,1-8,12H2,(H2,13,14). The second-order valence-corrected chi connectivity index (χ2v) is 4.44. The van der Waals surface area contributed by atoms with Crippen molar-refractivity contribution in [3.63, 3.8) is 0 Å². The van der Waals surface area contributed by atoms with Crippen LogP contribution in [0.5, 0.6) is 0 Å². The lowest BCUT2D eigenvalue weighted by Crippen LogP contribution is -2.35. The quantitative estimate of drug-likeness (QED) is 0.722. The lowest BCUT2D eigenvalue weighted by molar-refractivity contribution is -0.118. The van der Waals surface area contributed by atoms with Crippen LogP contribution in [0.3, 0.4) is 0 Å². The van der Waals surface area contributed by atoms with E-state index in [-0.39, 0.29) is 11.9 Å². The molecule has 1 unspecified atom stereocenters. The first-order valence-corrected chi connectivity index (χ1v) is 5.74. The molecule has 3 nitrogen and oxygen atoms in total. The van der Waals surface area contributed by atoms with E-state index in [1.165, 1.54) is 44.9 Å². The van der Waals surface area contributed by atoms with Gasteiger partial charge in [-0.2, -0.15) is 0 Å². The van der Waals surface area contributed by atoms with Crippen LogP contribution in [0.2, 0.25) is 0 Å². The normalized spacial score (nSPS) is 22.4. The summed E-state index contributed by atoms with van der Waals surface area (Å²) in [6.07, 6.45) is 9.22. The van der Waals surface area contributed by atoms with Crippen molar-refractivity contribution in [3.05, 3.63) is 0 Å². The minimum absolute atomic E-state index is 0.00870. The Morgan fingerprint density at radius 1 is 1.14 bits per heavy atom. The number of primary amides is 1. The Morgan fingerprint density at radius 2 is 1.64 bits per heavy atom. The first-order chi connectivity index (χ1) is 6.70. The molecule has 1 rings (SSSR count). The Balaban J connectivity index is 2.34. The maximum Gasteiger partial charge on any atom is 0.218 e. The molecule has 0 radical (unpaired) electrons. The van der Waals surface area contributed by atoms with Crippen LogP contribution in [0, 0.1) is 5.92 Å². The lowest BCUT2D eigenvalue weighted by Gasteiger charge is -2.24. The molecule has 1 atom stereocenters. The van der Waals surface area contributed by atoms with Gasteiger partial charge in [-0.25, -0.2) is 0 Å². The third-order valence-electron chi connectivity index (χ3n) is 3.19. The van der Waals surface area contributed by atoms with Gasteiger partial charge in [0.2, 0.25) is 5.91 Å². The van der Waals surface area contributed by atoms with E-state index in [0.29, 0.717) is 12.3 Å². The monoisotopic (exact) mass is 198 g/mol. The van der Waals surface area contributed by atoms with Crippen LogP contribution in [-0.4, -0.2) is 11.9 Å². The maximum absolute atomic E-state index is 10.7. The van der Waals surface area contributed by atoms with Crippen LogP contribution in [0.4, 0.5) is 0 Å². The van der Waals surface area contributed by atoms with Gasteiger partial charge in [-0.3, -0.25) is 4.79 Å². The highest BCUT2D eigenvalue weighted by atomic mass is 16.1. The molecule has 14 heavy (non-hydrogen) atoms. The predicted molar refractivity (Wildman–Crippen MR) is 57.6 cm³/mol. The van der Waals surface area contributed by atoms with Crippen molar-refractivity contribution in [2.45, 2.75) is 57.4 Å². The molecule has 1 amide bonds. The molecule has 1 aliphatic rings. The Morgan fingerprint density at radius 3 is 2.14 bits per heavy atom. The molecule has 1 aliphatic carbocycles. The molecule has 3 heteroatoms. The zero-order chi connectivity index (χ0) is 10.4. The number of hydrogen-bond donors (Lipinski definition) is 2. The maximum atomic E-state index is 10.7.